The molecule has 4 nitrogen and oxygen atoms in total. The first kappa shape index (κ1) is 16.0. The highest BCUT2D eigenvalue weighted by Gasteiger charge is 2.40. The van der Waals surface area contributed by atoms with E-state index in [1.165, 1.54) is 6.92 Å². The lowest BCUT2D eigenvalue weighted by Crippen LogP contribution is -2.30. The lowest BCUT2D eigenvalue weighted by molar-refractivity contribution is -0.167. The molecule has 0 fully saturated rings. The quantitative estimate of drug-likeness (QED) is 0.897. The summed E-state index contributed by atoms with van der Waals surface area (Å²) in [4.78, 5) is 22.8. The highest BCUT2D eigenvalue weighted by molar-refractivity contribution is 7.20. The summed E-state index contributed by atoms with van der Waals surface area (Å²) < 4.78 is 37.0. The molecular formula is C14H10F3NO3S. The summed E-state index contributed by atoms with van der Waals surface area (Å²) in [5, 5.41) is 10.5. The molecule has 2 aromatic rings. The average Bonchev–Trinajstić information content (AvgIpc) is 2.75. The third kappa shape index (κ3) is 3.11. The molecule has 1 aromatic carbocycles. The topological polar surface area (TPSA) is 66.4 Å². The molecule has 0 aliphatic rings. The summed E-state index contributed by atoms with van der Waals surface area (Å²) in [5.74, 6) is -3.59. The largest absolute Gasteiger partial charge is 0.478 e. The van der Waals surface area contributed by atoms with E-state index in [1.54, 1.807) is 35.6 Å². The second kappa shape index (κ2) is 5.80. The summed E-state index contributed by atoms with van der Waals surface area (Å²) in [6, 6.07) is 8.63. The van der Waals surface area contributed by atoms with E-state index in [0.717, 1.165) is 11.3 Å². The van der Waals surface area contributed by atoms with Crippen LogP contribution in [0.2, 0.25) is 0 Å². The zero-order valence-electron chi connectivity index (χ0n) is 11.2. The van der Waals surface area contributed by atoms with E-state index in [9.17, 15) is 27.9 Å². The zero-order valence-corrected chi connectivity index (χ0v) is 12.0. The molecule has 0 aliphatic carbocycles. The number of carbonyl (C=O) groups excluding carboxylic acids is 1. The van der Waals surface area contributed by atoms with E-state index in [0.29, 0.717) is 16.0 Å². The van der Waals surface area contributed by atoms with Gasteiger partial charge in [-0.2, -0.15) is 13.2 Å². The number of halogens is 3. The summed E-state index contributed by atoms with van der Waals surface area (Å²) in [6.07, 6.45) is -5.08. The van der Waals surface area contributed by atoms with Gasteiger partial charge in [0, 0.05) is 4.88 Å². The predicted molar refractivity (Wildman–Crippen MR) is 76.1 cm³/mol. The van der Waals surface area contributed by atoms with Gasteiger partial charge in [0.15, 0.2) is 0 Å². The molecule has 1 heterocycles. The fraction of sp³-hybridized carbons (Fsp3) is 0.143. The Hall–Kier alpha value is -2.35. The number of aromatic carboxylic acids is 1. The lowest BCUT2D eigenvalue weighted by Gasteiger charge is -2.06. The van der Waals surface area contributed by atoms with Crippen LogP contribution in [0.5, 0.6) is 0 Å². The van der Waals surface area contributed by atoms with Crippen LogP contribution in [0.25, 0.3) is 10.4 Å². The summed E-state index contributed by atoms with van der Waals surface area (Å²) in [7, 11) is 0. The van der Waals surface area contributed by atoms with Gasteiger partial charge in [-0.05, 0) is 18.1 Å². The maximum atomic E-state index is 12.3. The van der Waals surface area contributed by atoms with Gasteiger partial charge in [-0.15, -0.1) is 11.3 Å². The van der Waals surface area contributed by atoms with Crippen molar-refractivity contribution in [1.29, 1.82) is 0 Å². The van der Waals surface area contributed by atoms with Crippen LogP contribution in [-0.2, 0) is 4.79 Å². The van der Waals surface area contributed by atoms with Crippen molar-refractivity contribution >= 4 is 28.2 Å². The molecule has 116 valence electrons. The number of anilines is 1. The molecule has 8 heteroatoms. The molecule has 1 aromatic heterocycles. The first-order valence-electron chi connectivity index (χ1n) is 6.02. The number of benzene rings is 1. The van der Waals surface area contributed by atoms with Crippen molar-refractivity contribution in [3.8, 4) is 10.4 Å². The maximum absolute atomic E-state index is 12.3. The Kier molecular flexibility index (Phi) is 4.23. The van der Waals surface area contributed by atoms with Gasteiger partial charge in [0.2, 0.25) is 0 Å². The Balaban J connectivity index is 2.51. The van der Waals surface area contributed by atoms with Crippen molar-refractivity contribution in [1.82, 2.24) is 0 Å². The van der Waals surface area contributed by atoms with E-state index in [2.05, 4.69) is 0 Å². The van der Waals surface area contributed by atoms with Gasteiger partial charge in [-0.1, -0.05) is 30.3 Å². The van der Waals surface area contributed by atoms with Crippen LogP contribution in [0.3, 0.4) is 0 Å². The average molecular weight is 329 g/mol. The number of rotatable bonds is 3. The monoisotopic (exact) mass is 329 g/mol. The third-order valence-corrected chi connectivity index (χ3v) is 4.14. The van der Waals surface area contributed by atoms with Crippen molar-refractivity contribution < 1.29 is 27.9 Å². The Morgan fingerprint density at radius 3 is 2.27 bits per heavy atom. The molecule has 0 bridgehead atoms. The number of carboxylic acid groups (broad SMARTS) is 1. The van der Waals surface area contributed by atoms with Crippen molar-refractivity contribution in [2.24, 2.45) is 0 Å². The van der Waals surface area contributed by atoms with E-state index in [-0.39, 0.29) is 10.6 Å². The third-order valence-electron chi connectivity index (χ3n) is 2.88. The minimum absolute atomic E-state index is 0.307. The number of nitrogens with one attached hydrogen (secondary N) is 1. The van der Waals surface area contributed by atoms with Gasteiger partial charge >= 0.3 is 18.1 Å². The van der Waals surface area contributed by atoms with E-state index < -0.39 is 18.1 Å². The van der Waals surface area contributed by atoms with Crippen LogP contribution in [0.15, 0.2) is 30.3 Å². The summed E-state index contributed by atoms with van der Waals surface area (Å²) in [5.41, 5.74) is 0.641. The minimum Gasteiger partial charge on any atom is -0.478 e. The molecule has 22 heavy (non-hydrogen) atoms. The number of thiophene rings is 1. The molecule has 2 N–H and O–H groups in total. The predicted octanol–water partition coefficient (Wildman–Crippen LogP) is 3.92. The molecule has 0 radical (unpaired) electrons. The number of hydrogen-bond acceptors (Lipinski definition) is 3. The van der Waals surface area contributed by atoms with Crippen LogP contribution in [-0.4, -0.2) is 23.2 Å². The van der Waals surface area contributed by atoms with Gasteiger partial charge in [0.05, 0.1) is 5.56 Å². The molecule has 0 aliphatic heterocycles. The van der Waals surface area contributed by atoms with Crippen LogP contribution >= 0.6 is 11.3 Å². The SMILES string of the molecule is Cc1c(-c2ccccc2)sc(NC(=O)C(F)(F)F)c1C(=O)O. The Labute approximate surface area is 127 Å². The number of amides is 1. The van der Waals surface area contributed by atoms with Gasteiger partial charge < -0.3 is 10.4 Å². The molecule has 2 rings (SSSR count). The highest BCUT2D eigenvalue weighted by Crippen LogP contribution is 2.40. The Bertz CT molecular complexity index is 723. The van der Waals surface area contributed by atoms with Gasteiger partial charge in [-0.25, -0.2) is 4.79 Å². The highest BCUT2D eigenvalue weighted by atomic mass is 32.1. The molecule has 0 saturated heterocycles. The smallest absolute Gasteiger partial charge is 0.471 e. The fourth-order valence-electron chi connectivity index (χ4n) is 1.90. The van der Waals surface area contributed by atoms with Gasteiger partial charge in [0.1, 0.15) is 5.00 Å². The van der Waals surface area contributed by atoms with Crippen molar-refractivity contribution in [3.63, 3.8) is 0 Å². The van der Waals surface area contributed by atoms with Crippen LogP contribution in [0.4, 0.5) is 18.2 Å². The van der Waals surface area contributed by atoms with Gasteiger partial charge in [0.25, 0.3) is 0 Å². The number of hydrogen-bond donors (Lipinski definition) is 2. The molecule has 1 amide bonds. The fourth-order valence-corrected chi connectivity index (χ4v) is 3.10. The standard InChI is InChI=1S/C14H10F3NO3S/c1-7-9(12(19)20)11(18-13(21)14(15,16)17)22-10(7)8-5-3-2-4-6-8/h2-6H,1H3,(H,18,21)(H,19,20). The van der Waals surface area contributed by atoms with Crippen molar-refractivity contribution in [2.45, 2.75) is 13.1 Å². The first-order valence-corrected chi connectivity index (χ1v) is 6.83. The summed E-state index contributed by atoms with van der Waals surface area (Å²) in [6.45, 7) is 1.49. The van der Waals surface area contributed by atoms with E-state index in [4.69, 9.17) is 0 Å². The first-order chi connectivity index (χ1) is 10.2. The number of alkyl halides is 3. The van der Waals surface area contributed by atoms with Crippen LogP contribution in [0, 0.1) is 6.92 Å². The van der Waals surface area contributed by atoms with Crippen molar-refractivity contribution in [3.05, 3.63) is 41.5 Å². The van der Waals surface area contributed by atoms with Crippen molar-refractivity contribution in [2.75, 3.05) is 5.32 Å². The molecular weight excluding hydrogens is 319 g/mol. The number of carbonyl (C=O) groups is 2. The van der Waals surface area contributed by atoms with Gasteiger partial charge in [-0.3, -0.25) is 4.79 Å². The Morgan fingerprint density at radius 1 is 1.18 bits per heavy atom. The molecule has 0 spiro atoms. The lowest BCUT2D eigenvalue weighted by atomic mass is 10.1. The minimum atomic E-state index is -5.08. The number of carboxylic acids is 1. The molecule has 0 saturated carbocycles. The normalized spacial score (nSPS) is 11.3. The van der Waals surface area contributed by atoms with Crippen LogP contribution in [0.1, 0.15) is 15.9 Å². The second-order valence-electron chi connectivity index (χ2n) is 4.38. The van der Waals surface area contributed by atoms with E-state index in [1.807, 2.05) is 0 Å². The molecule has 0 atom stereocenters. The second-order valence-corrected chi connectivity index (χ2v) is 5.40. The maximum Gasteiger partial charge on any atom is 0.471 e. The van der Waals surface area contributed by atoms with Crippen LogP contribution < -0.4 is 5.32 Å². The Morgan fingerprint density at radius 2 is 1.77 bits per heavy atom. The zero-order chi connectivity index (χ0) is 16.5. The summed E-state index contributed by atoms with van der Waals surface area (Å²) >= 11 is 0.799. The van der Waals surface area contributed by atoms with E-state index >= 15 is 0 Å². The molecule has 0 unspecified atom stereocenters.